The number of hydrogen-bond acceptors (Lipinski definition) is 6. The van der Waals surface area contributed by atoms with Gasteiger partial charge in [-0.15, -0.1) is 0 Å². The van der Waals surface area contributed by atoms with Gasteiger partial charge in [-0.3, -0.25) is 4.79 Å². The van der Waals surface area contributed by atoms with Crippen LogP contribution >= 0.6 is 0 Å². The Kier molecular flexibility index (Phi) is 3.98. The smallest absolute Gasteiger partial charge is 0.286 e. The fourth-order valence-electron chi connectivity index (χ4n) is 5.39. The molecule has 5 rings (SSSR count). The van der Waals surface area contributed by atoms with Crippen molar-refractivity contribution in [2.75, 3.05) is 24.5 Å². The van der Waals surface area contributed by atoms with E-state index < -0.39 is 0 Å². The molecule has 4 atom stereocenters. The van der Waals surface area contributed by atoms with Gasteiger partial charge in [0.2, 0.25) is 0 Å². The molecule has 28 heavy (non-hydrogen) atoms. The van der Waals surface area contributed by atoms with E-state index in [0.29, 0.717) is 24.1 Å². The predicted octanol–water partition coefficient (Wildman–Crippen LogP) is 2.41. The van der Waals surface area contributed by atoms with Crippen molar-refractivity contribution in [3.8, 4) is 0 Å². The Labute approximate surface area is 164 Å². The van der Waals surface area contributed by atoms with Gasteiger partial charge in [-0.2, -0.15) is 0 Å². The molecule has 3 saturated heterocycles. The van der Waals surface area contributed by atoms with E-state index in [2.05, 4.69) is 22.1 Å². The molecular formula is C21H26N4O3. The van der Waals surface area contributed by atoms with Gasteiger partial charge in [0.1, 0.15) is 11.6 Å². The van der Waals surface area contributed by atoms with Crippen molar-refractivity contribution in [2.24, 2.45) is 11.8 Å². The maximum atomic E-state index is 12.3. The summed E-state index contributed by atoms with van der Waals surface area (Å²) in [6.07, 6.45) is 3.91. The van der Waals surface area contributed by atoms with E-state index >= 15 is 0 Å². The highest BCUT2D eigenvalue weighted by Gasteiger charge is 2.63. The molecule has 1 amide bonds. The average Bonchev–Trinajstić information content (AvgIpc) is 3.43. The van der Waals surface area contributed by atoms with Crippen LogP contribution in [0.1, 0.15) is 40.5 Å². The van der Waals surface area contributed by atoms with E-state index in [-0.39, 0.29) is 17.6 Å². The van der Waals surface area contributed by atoms with Crippen molar-refractivity contribution in [1.82, 2.24) is 15.3 Å². The second-order valence-corrected chi connectivity index (χ2v) is 8.40. The number of amides is 1. The highest BCUT2D eigenvalue weighted by Crippen LogP contribution is 2.55. The van der Waals surface area contributed by atoms with Crippen molar-refractivity contribution < 1.29 is 13.9 Å². The van der Waals surface area contributed by atoms with Gasteiger partial charge in [0.05, 0.1) is 18.0 Å². The molecule has 3 aliphatic heterocycles. The van der Waals surface area contributed by atoms with Crippen molar-refractivity contribution >= 4 is 11.7 Å². The number of hydrogen-bond donors (Lipinski definition) is 1. The normalized spacial score (nSPS) is 30.7. The number of nitrogens with zero attached hydrogens (tertiary/aromatic N) is 3. The summed E-state index contributed by atoms with van der Waals surface area (Å²) in [5, 5.41) is 3.05. The van der Waals surface area contributed by atoms with Crippen LogP contribution in [0.3, 0.4) is 0 Å². The van der Waals surface area contributed by atoms with Crippen LogP contribution in [-0.2, 0) is 4.74 Å². The summed E-state index contributed by atoms with van der Waals surface area (Å²) in [5.74, 6) is 2.75. The van der Waals surface area contributed by atoms with Gasteiger partial charge in [0, 0.05) is 42.7 Å². The van der Waals surface area contributed by atoms with Crippen LogP contribution in [0.25, 0.3) is 0 Å². The van der Waals surface area contributed by atoms with Gasteiger partial charge in [-0.05, 0) is 45.7 Å². The van der Waals surface area contributed by atoms with Crippen LogP contribution in [0.5, 0.6) is 0 Å². The first kappa shape index (κ1) is 17.7. The van der Waals surface area contributed by atoms with Crippen LogP contribution in [0.2, 0.25) is 0 Å². The van der Waals surface area contributed by atoms with Crippen molar-refractivity contribution in [3.05, 3.63) is 41.2 Å². The summed E-state index contributed by atoms with van der Waals surface area (Å²) in [4.78, 5) is 23.9. The number of carbonyl (C=O) groups is 1. The monoisotopic (exact) mass is 382 g/mol. The Bertz CT molecular complexity index is 913. The third-order valence-corrected chi connectivity index (χ3v) is 6.80. The molecule has 5 heterocycles. The Balaban J connectivity index is 1.35. The van der Waals surface area contributed by atoms with Crippen molar-refractivity contribution in [1.29, 1.82) is 0 Å². The fourth-order valence-corrected chi connectivity index (χ4v) is 5.39. The molecule has 0 aliphatic carbocycles. The summed E-state index contributed by atoms with van der Waals surface area (Å²) in [7, 11) is 0. The minimum Gasteiger partial charge on any atom is -0.459 e. The lowest BCUT2D eigenvalue weighted by molar-refractivity contribution is 0.0141. The SMILES string of the molecule is Cc1nc(C)c(C)c(N2C[C@@H]3[C@H](CNC(=O)c4ccco4)[C@H]4CC[C@]3(C2)O4)n1. The Morgan fingerprint density at radius 3 is 3.00 bits per heavy atom. The second-order valence-electron chi connectivity index (χ2n) is 8.40. The molecule has 0 aromatic carbocycles. The Hall–Kier alpha value is -2.41. The number of rotatable bonds is 4. The van der Waals surface area contributed by atoms with Gasteiger partial charge in [-0.25, -0.2) is 9.97 Å². The lowest BCUT2D eigenvalue weighted by Gasteiger charge is -2.29. The molecule has 1 N–H and O–H groups in total. The minimum absolute atomic E-state index is 0.107. The number of anilines is 1. The quantitative estimate of drug-likeness (QED) is 0.875. The minimum atomic E-state index is -0.158. The lowest BCUT2D eigenvalue weighted by Crippen LogP contribution is -2.41. The maximum absolute atomic E-state index is 12.3. The molecule has 0 radical (unpaired) electrons. The van der Waals surface area contributed by atoms with Crippen molar-refractivity contribution in [2.45, 2.75) is 45.3 Å². The van der Waals surface area contributed by atoms with Crippen LogP contribution in [0.4, 0.5) is 5.82 Å². The van der Waals surface area contributed by atoms with Crippen LogP contribution in [0.15, 0.2) is 22.8 Å². The van der Waals surface area contributed by atoms with Gasteiger partial charge < -0.3 is 19.4 Å². The zero-order valence-electron chi connectivity index (χ0n) is 16.6. The molecule has 1 spiro atoms. The van der Waals surface area contributed by atoms with E-state index in [1.807, 2.05) is 13.8 Å². The lowest BCUT2D eigenvalue weighted by atomic mass is 9.73. The summed E-state index contributed by atoms with van der Waals surface area (Å²) in [6, 6.07) is 3.42. The van der Waals surface area contributed by atoms with E-state index in [1.165, 1.54) is 6.26 Å². The number of aryl methyl sites for hydroxylation is 2. The van der Waals surface area contributed by atoms with E-state index in [9.17, 15) is 4.79 Å². The molecule has 3 fully saturated rings. The topological polar surface area (TPSA) is 80.5 Å². The van der Waals surface area contributed by atoms with E-state index in [1.54, 1.807) is 12.1 Å². The summed E-state index contributed by atoms with van der Waals surface area (Å²) >= 11 is 0. The number of nitrogens with one attached hydrogen (secondary N) is 1. The van der Waals surface area contributed by atoms with Crippen molar-refractivity contribution in [3.63, 3.8) is 0 Å². The largest absolute Gasteiger partial charge is 0.459 e. The van der Waals surface area contributed by atoms with Gasteiger partial charge in [0.15, 0.2) is 5.76 Å². The first-order valence-electron chi connectivity index (χ1n) is 10.0. The summed E-state index contributed by atoms with van der Waals surface area (Å²) < 4.78 is 11.7. The highest BCUT2D eigenvalue weighted by atomic mass is 16.5. The van der Waals surface area contributed by atoms with Crippen LogP contribution in [-0.4, -0.2) is 47.2 Å². The zero-order chi connectivity index (χ0) is 19.5. The maximum Gasteiger partial charge on any atom is 0.286 e. The van der Waals surface area contributed by atoms with Gasteiger partial charge in [-0.1, -0.05) is 0 Å². The molecule has 2 aromatic heterocycles. The van der Waals surface area contributed by atoms with Crippen LogP contribution in [0, 0.1) is 32.6 Å². The zero-order valence-corrected chi connectivity index (χ0v) is 16.6. The highest BCUT2D eigenvalue weighted by molar-refractivity contribution is 5.91. The third-order valence-electron chi connectivity index (χ3n) is 6.80. The number of carbonyl (C=O) groups excluding carboxylic acids is 1. The summed E-state index contributed by atoms with van der Waals surface area (Å²) in [5.41, 5.74) is 2.06. The number of furan rings is 1. The molecular weight excluding hydrogens is 356 g/mol. The molecule has 0 saturated carbocycles. The Morgan fingerprint density at radius 2 is 2.21 bits per heavy atom. The molecule has 7 heteroatoms. The number of ether oxygens (including phenoxy) is 1. The standard InChI is InChI=1S/C21H26N4O3/c1-12-13(2)23-14(3)24-19(12)25-10-16-15(17-6-7-21(16,11-25)28-17)9-22-20(26)18-5-4-8-27-18/h4-5,8,15-17H,6-7,9-11H2,1-3H3,(H,22,26)/t15-,16+,17+,21+/m0/s1. The van der Waals surface area contributed by atoms with Crippen LogP contribution < -0.4 is 10.2 Å². The molecule has 3 aliphatic rings. The molecule has 2 aromatic rings. The summed E-state index contributed by atoms with van der Waals surface area (Å²) in [6.45, 7) is 8.47. The first-order valence-corrected chi connectivity index (χ1v) is 10.0. The first-order chi connectivity index (χ1) is 13.5. The molecule has 0 unspecified atom stereocenters. The fraction of sp³-hybridized carbons (Fsp3) is 0.571. The molecule has 7 nitrogen and oxygen atoms in total. The molecule has 148 valence electrons. The number of fused-ring (bicyclic) bond motifs is 1. The number of aromatic nitrogens is 2. The van der Waals surface area contributed by atoms with Gasteiger partial charge >= 0.3 is 0 Å². The average molecular weight is 382 g/mol. The second kappa shape index (κ2) is 6.30. The van der Waals surface area contributed by atoms with Gasteiger partial charge in [0.25, 0.3) is 5.91 Å². The predicted molar refractivity (Wildman–Crippen MR) is 103 cm³/mol. The Morgan fingerprint density at radius 1 is 1.36 bits per heavy atom. The van der Waals surface area contributed by atoms with E-state index in [0.717, 1.165) is 48.8 Å². The van der Waals surface area contributed by atoms with E-state index in [4.69, 9.17) is 14.1 Å². The third kappa shape index (κ3) is 2.64. The molecule has 2 bridgehead atoms.